The fourth-order valence-electron chi connectivity index (χ4n) is 2.73. The van der Waals surface area contributed by atoms with Gasteiger partial charge < -0.3 is 9.84 Å². The molecule has 0 unspecified atom stereocenters. The summed E-state index contributed by atoms with van der Waals surface area (Å²) in [4.78, 5) is 13.7. The normalized spacial score (nSPS) is 24.6. The summed E-state index contributed by atoms with van der Waals surface area (Å²) in [6.45, 7) is 3.28. The number of ether oxygens (including phenoxy) is 1. The molecule has 0 saturated carbocycles. The van der Waals surface area contributed by atoms with Crippen molar-refractivity contribution >= 4 is 17.6 Å². The summed E-state index contributed by atoms with van der Waals surface area (Å²) >= 11 is 6.00. The van der Waals surface area contributed by atoms with E-state index in [1.807, 2.05) is 29.2 Å². The molecule has 1 saturated heterocycles. The van der Waals surface area contributed by atoms with E-state index in [0.29, 0.717) is 24.5 Å². The number of aliphatic hydroxyl groups is 1. The second-order valence-corrected chi connectivity index (χ2v) is 5.77. The smallest absolute Gasteiger partial charge is 0.323 e. The molecule has 0 radical (unpaired) electrons. The number of methoxy groups -OCH3 is 1. The monoisotopic (exact) mass is 297 g/mol. The SMILES string of the molecule is COC(=O)[C@@H]1C[C@H](O)CN1C[C@H](C)c1cccc(Cl)c1. The first-order valence-corrected chi connectivity index (χ1v) is 7.14. The van der Waals surface area contributed by atoms with E-state index in [4.69, 9.17) is 16.3 Å². The lowest BCUT2D eigenvalue weighted by molar-refractivity contribution is -0.145. The summed E-state index contributed by atoms with van der Waals surface area (Å²) in [6.07, 6.45) is -0.0276. The maximum atomic E-state index is 11.7. The summed E-state index contributed by atoms with van der Waals surface area (Å²) < 4.78 is 4.81. The van der Waals surface area contributed by atoms with E-state index in [0.717, 1.165) is 5.56 Å². The minimum Gasteiger partial charge on any atom is -0.468 e. The molecule has 1 aliphatic heterocycles. The number of carbonyl (C=O) groups excluding carboxylic acids is 1. The molecule has 3 atom stereocenters. The number of rotatable bonds is 4. The predicted molar refractivity (Wildman–Crippen MR) is 77.9 cm³/mol. The number of hydrogen-bond acceptors (Lipinski definition) is 4. The molecule has 2 rings (SSSR count). The Hall–Kier alpha value is -1.10. The Morgan fingerprint density at radius 2 is 2.35 bits per heavy atom. The van der Waals surface area contributed by atoms with Crippen molar-refractivity contribution in [3.8, 4) is 0 Å². The van der Waals surface area contributed by atoms with Crippen LogP contribution in [-0.4, -0.2) is 48.3 Å². The van der Waals surface area contributed by atoms with Crippen molar-refractivity contribution in [1.82, 2.24) is 4.90 Å². The van der Waals surface area contributed by atoms with Crippen LogP contribution in [0.3, 0.4) is 0 Å². The highest BCUT2D eigenvalue weighted by Crippen LogP contribution is 2.25. The van der Waals surface area contributed by atoms with Crippen molar-refractivity contribution in [2.24, 2.45) is 0 Å². The lowest BCUT2D eigenvalue weighted by atomic mass is 10.0. The van der Waals surface area contributed by atoms with Crippen LogP contribution in [0.1, 0.15) is 24.8 Å². The highest BCUT2D eigenvalue weighted by atomic mass is 35.5. The largest absolute Gasteiger partial charge is 0.468 e. The van der Waals surface area contributed by atoms with E-state index in [2.05, 4.69) is 6.92 Å². The summed E-state index contributed by atoms with van der Waals surface area (Å²) in [7, 11) is 1.38. The second kappa shape index (κ2) is 6.57. The number of aliphatic hydroxyl groups excluding tert-OH is 1. The molecule has 0 aliphatic carbocycles. The van der Waals surface area contributed by atoms with Crippen LogP contribution >= 0.6 is 11.6 Å². The number of hydrogen-bond donors (Lipinski definition) is 1. The molecule has 4 nitrogen and oxygen atoms in total. The van der Waals surface area contributed by atoms with E-state index in [1.54, 1.807) is 0 Å². The average molecular weight is 298 g/mol. The van der Waals surface area contributed by atoms with Gasteiger partial charge in [-0.05, 0) is 23.6 Å². The molecule has 0 aromatic heterocycles. The van der Waals surface area contributed by atoms with Gasteiger partial charge in [0.05, 0.1) is 13.2 Å². The molecule has 1 heterocycles. The van der Waals surface area contributed by atoms with Gasteiger partial charge in [0, 0.05) is 24.5 Å². The van der Waals surface area contributed by atoms with Gasteiger partial charge in [0.15, 0.2) is 0 Å². The number of likely N-dealkylation sites (tertiary alicyclic amines) is 1. The lowest BCUT2D eigenvalue weighted by Gasteiger charge is -2.25. The summed E-state index contributed by atoms with van der Waals surface area (Å²) in [6, 6.07) is 7.37. The van der Waals surface area contributed by atoms with Gasteiger partial charge in [-0.25, -0.2) is 0 Å². The minimum absolute atomic E-state index is 0.228. The molecule has 0 amide bonds. The summed E-state index contributed by atoms with van der Waals surface area (Å²) in [5.74, 6) is -0.0500. The van der Waals surface area contributed by atoms with Gasteiger partial charge in [0.1, 0.15) is 6.04 Å². The van der Waals surface area contributed by atoms with Crippen LogP contribution in [0, 0.1) is 0 Å². The van der Waals surface area contributed by atoms with Crippen molar-refractivity contribution in [2.45, 2.75) is 31.4 Å². The predicted octanol–water partition coefficient (Wildman–Crippen LogP) is 2.05. The van der Waals surface area contributed by atoms with Crippen molar-refractivity contribution in [1.29, 1.82) is 0 Å². The number of carbonyl (C=O) groups is 1. The van der Waals surface area contributed by atoms with E-state index in [1.165, 1.54) is 7.11 Å². The topological polar surface area (TPSA) is 49.8 Å². The number of halogens is 1. The van der Waals surface area contributed by atoms with Crippen LogP contribution in [0.4, 0.5) is 0 Å². The Kier molecular flexibility index (Phi) is 5.02. The van der Waals surface area contributed by atoms with Crippen LogP contribution < -0.4 is 0 Å². The molecule has 0 bridgehead atoms. The van der Waals surface area contributed by atoms with Crippen molar-refractivity contribution < 1.29 is 14.6 Å². The molecule has 1 aromatic rings. The zero-order valence-electron chi connectivity index (χ0n) is 11.8. The second-order valence-electron chi connectivity index (χ2n) is 5.34. The molecular weight excluding hydrogens is 278 g/mol. The molecule has 1 aliphatic rings. The third kappa shape index (κ3) is 3.51. The summed E-state index contributed by atoms with van der Waals surface area (Å²) in [5.41, 5.74) is 1.13. The van der Waals surface area contributed by atoms with Crippen LogP contribution in [0.2, 0.25) is 5.02 Å². The fraction of sp³-hybridized carbons (Fsp3) is 0.533. The quantitative estimate of drug-likeness (QED) is 0.864. The molecule has 1 N–H and O–H groups in total. The van der Waals surface area contributed by atoms with E-state index >= 15 is 0 Å². The van der Waals surface area contributed by atoms with Gasteiger partial charge in [0.25, 0.3) is 0 Å². The first-order chi connectivity index (χ1) is 9.51. The Balaban J connectivity index is 2.06. The Bertz CT molecular complexity index is 480. The van der Waals surface area contributed by atoms with Gasteiger partial charge in [0.2, 0.25) is 0 Å². The maximum Gasteiger partial charge on any atom is 0.323 e. The Labute approximate surface area is 124 Å². The third-order valence-electron chi connectivity index (χ3n) is 3.78. The highest BCUT2D eigenvalue weighted by molar-refractivity contribution is 6.30. The van der Waals surface area contributed by atoms with Gasteiger partial charge in [-0.3, -0.25) is 9.69 Å². The van der Waals surface area contributed by atoms with Crippen LogP contribution in [0.5, 0.6) is 0 Å². The fourth-order valence-corrected chi connectivity index (χ4v) is 2.93. The first-order valence-electron chi connectivity index (χ1n) is 6.76. The average Bonchev–Trinajstić information content (AvgIpc) is 2.78. The van der Waals surface area contributed by atoms with Crippen LogP contribution in [0.25, 0.3) is 0 Å². The van der Waals surface area contributed by atoms with Gasteiger partial charge in [-0.15, -0.1) is 0 Å². The number of nitrogens with zero attached hydrogens (tertiary/aromatic N) is 1. The Morgan fingerprint density at radius 3 is 3.00 bits per heavy atom. The molecule has 1 fully saturated rings. The molecule has 5 heteroatoms. The van der Waals surface area contributed by atoms with Crippen LogP contribution in [-0.2, 0) is 9.53 Å². The molecule has 110 valence electrons. The molecule has 1 aromatic carbocycles. The number of β-amino-alcohol motifs (C(OH)–C–C–N with tert-alkyl or cyclic N) is 1. The molecule has 0 spiro atoms. The van der Waals surface area contributed by atoms with E-state index < -0.39 is 6.10 Å². The molecule has 20 heavy (non-hydrogen) atoms. The number of benzene rings is 1. The van der Waals surface area contributed by atoms with Crippen molar-refractivity contribution in [3.05, 3.63) is 34.9 Å². The van der Waals surface area contributed by atoms with Crippen molar-refractivity contribution in [2.75, 3.05) is 20.2 Å². The lowest BCUT2D eigenvalue weighted by Crippen LogP contribution is -2.39. The zero-order valence-corrected chi connectivity index (χ0v) is 12.5. The van der Waals surface area contributed by atoms with E-state index in [-0.39, 0.29) is 17.9 Å². The zero-order chi connectivity index (χ0) is 14.7. The molecular formula is C15H20ClNO3. The third-order valence-corrected chi connectivity index (χ3v) is 4.02. The van der Waals surface area contributed by atoms with E-state index in [9.17, 15) is 9.90 Å². The van der Waals surface area contributed by atoms with Gasteiger partial charge >= 0.3 is 5.97 Å². The number of esters is 1. The Morgan fingerprint density at radius 1 is 1.60 bits per heavy atom. The van der Waals surface area contributed by atoms with Gasteiger partial charge in [-0.1, -0.05) is 30.7 Å². The first kappa shape index (κ1) is 15.3. The maximum absolute atomic E-state index is 11.7. The standard InChI is InChI=1S/C15H20ClNO3/c1-10(11-4-3-5-12(16)6-11)8-17-9-13(18)7-14(17)15(19)20-2/h3-6,10,13-14,18H,7-9H2,1-2H3/t10-,13-,14-/m0/s1. The van der Waals surface area contributed by atoms with Gasteiger partial charge in [-0.2, -0.15) is 0 Å². The highest BCUT2D eigenvalue weighted by Gasteiger charge is 2.37. The van der Waals surface area contributed by atoms with Crippen molar-refractivity contribution in [3.63, 3.8) is 0 Å². The minimum atomic E-state index is -0.467. The summed E-state index contributed by atoms with van der Waals surface area (Å²) in [5, 5.41) is 10.5. The van der Waals surface area contributed by atoms with Crippen LogP contribution in [0.15, 0.2) is 24.3 Å².